The van der Waals surface area contributed by atoms with Gasteiger partial charge < -0.3 is 10.6 Å². The molecular formula is C14H17N3. The largest absolute Gasteiger partial charge is 0.352 e. The van der Waals surface area contributed by atoms with Crippen molar-refractivity contribution in [2.45, 2.75) is 18.9 Å². The van der Waals surface area contributed by atoms with Crippen LogP contribution in [0, 0.1) is 0 Å². The fraction of sp³-hybridized carbons (Fsp3) is 0.357. The van der Waals surface area contributed by atoms with Gasteiger partial charge in [0.1, 0.15) is 5.82 Å². The molecule has 0 radical (unpaired) electrons. The molecule has 0 amide bonds. The molecule has 1 aliphatic rings. The second kappa shape index (κ2) is 4.34. The summed E-state index contributed by atoms with van der Waals surface area (Å²) >= 11 is 0. The zero-order valence-corrected chi connectivity index (χ0v) is 9.84. The highest BCUT2D eigenvalue weighted by Crippen LogP contribution is 2.29. The Morgan fingerprint density at radius 3 is 3.06 bits per heavy atom. The first-order valence-corrected chi connectivity index (χ1v) is 6.20. The summed E-state index contributed by atoms with van der Waals surface area (Å²) in [4.78, 5) is 6.92. The summed E-state index contributed by atoms with van der Waals surface area (Å²) in [6, 6.07) is 10.9. The van der Waals surface area contributed by atoms with Gasteiger partial charge in [0.2, 0.25) is 0 Å². The lowest BCUT2D eigenvalue weighted by molar-refractivity contribution is 0.673. The average Bonchev–Trinajstić information content (AvgIpc) is 2.86. The predicted molar refractivity (Wildman–Crippen MR) is 71.2 cm³/mol. The number of hydrogen-bond donors (Lipinski definition) is 1. The van der Waals surface area contributed by atoms with Gasteiger partial charge in [-0.2, -0.15) is 0 Å². The van der Waals surface area contributed by atoms with E-state index >= 15 is 0 Å². The molecule has 1 aliphatic heterocycles. The van der Waals surface area contributed by atoms with Crippen molar-refractivity contribution in [1.82, 2.24) is 4.98 Å². The Labute approximate surface area is 101 Å². The number of rotatable bonds is 2. The van der Waals surface area contributed by atoms with E-state index in [1.807, 2.05) is 6.20 Å². The van der Waals surface area contributed by atoms with Crippen LogP contribution in [0.4, 0.5) is 5.82 Å². The number of nitrogens with two attached hydrogens (primary N) is 1. The molecule has 1 fully saturated rings. The van der Waals surface area contributed by atoms with Crippen LogP contribution in [-0.2, 0) is 0 Å². The molecule has 3 nitrogen and oxygen atoms in total. The zero-order chi connectivity index (χ0) is 11.7. The van der Waals surface area contributed by atoms with Crippen LogP contribution in [0.2, 0.25) is 0 Å². The van der Waals surface area contributed by atoms with Crippen molar-refractivity contribution in [3.63, 3.8) is 0 Å². The minimum Gasteiger partial charge on any atom is -0.352 e. The van der Waals surface area contributed by atoms with Gasteiger partial charge >= 0.3 is 0 Å². The number of pyridine rings is 1. The molecule has 0 saturated carbocycles. The minimum atomic E-state index is 0.452. The van der Waals surface area contributed by atoms with Gasteiger partial charge in [0, 0.05) is 30.7 Å². The van der Waals surface area contributed by atoms with E-state index in [4.69, 9.17) is 5.73 Å². The molecule has 1 saturated heterocycles. The standard InChI is InChI=1S/C14H17N3/c15-10-12-5-3-9-17(12)14-13-6-2-1-4-11(13)7-8-16-14/h1-2,4,6-8,12H,3,5,9-10,15H2. The molecule has 0 aliphatic carbocycles. The van der Waals surface area contributed by atoms with Gasteiger partial charge in [-0.15, -0.1) is 0 Å². The number of fused-ring (bicyclic) bond motifs is 1. The third-order valence-electron chi connectivity index (χ3n) is 3.57. The number of aromatic nitrogens is 1. The Kier molecular flexibility index (Phi) is 2.69. The van der Waals surface area contributed by atoms with Crippen molar-refractivity contribution in [2.75, 3.05) is 18.0 Å². The van der Waals surface area contributed by atoms with Crippen LogP contribution in [0.25, 0.3) is 10.8 Å². The lowest BCUT2D eigenvalue weighted by atomic mass is 10.1. The monoisotopic (exact) mass is 227 g/mol. The summed E-state index contributed by atoms with van der Waals surface area (Å²) in [7, 11) is 0. The van der Waals surface area contributed by atoms with E-state index in [1.165, 1.54) is 23.6 Å². The molecule has 0 bridgehead atoms. The van der Waals surface area contributed by atoms with Crippen molar-refractivity contribution in [3.8, 4) is 0 Å². The second-order valence-electron chi connectivity index (χ2n) is 4.58. The van der Waals surface area contributed by atoms with Crippen LogP contribution in [0.3, 0.4) is 0 Å². The van der Waals surface area contributed by atoms with Crippen LogP contribution >= 0.6 is 0 Å². The highest BCUT2D eigenvalue weighted by atomic mass is 15.2. The van der Waals surface area contributed by atoms with Gasteiger partial charge in [-0.3, -0.25) is 0 Å². The van der Waals surface area contributed by atoms with Crippen LogP contribution in [0.1, 0.15) is 12.8 Å². The number of anilines is 1. The van der Waals surface area contributed by atoms with Crippen LogP contribution in [-0.4, -0.2) is 24.1 Å². The summed E-state index contributed by atoms with van der Waals surface area (Å²) in [6.07, 6.45) is 4.29. The number of nitrogens with zero attached hydrogens (tertiary/aromatic N) is 2. The lowest BCUT2D eigenvalue weighted by Gasteiger charge is -2.25. The summed E-state index contributed by atoms with van der Waals surface area (Å²) < 4.78 is 0. The second-order valence-corrected chi connectivity index (χ2v) is 4.58. The van der Waals surface area contributed by atoms with Gasteiger partial charge in [0.25, 0.3) is 0 Å². The van der Waals surface area contributed by atoms with Crippen molar-refractivity contribution < 1.29 is 0 Å². The van der Waals surface area contributed by atoms with Gasteiger partial charge in [-0.25, -0.2) is 4.98 Å². The molecule has 1 aromatic heterocycles. The maximum absolute atomic E-state index is 5.84. The quantitative estimate of drug-likeness (QED) is 0.855. The maximum Gasteiger partial charge on any atom is 0.136 e. The molecule has 0 spiro atoms. The Morgan fingerprint density at radius 2 is 2.18 bits per heavy atom. The molecule has 2 heterocycles. The molecule has 2 N–H and O–H groups in total. The molecule has 3 rings (SSSR count). The van der Waals surface area contributed by atoms with E-state index in [2.05, 4.69) is 40.2 Å². The Morgan fingerprint density at radius 1 is 1.29 bits per heavy atom. The molecule has 2 aromatic rings. The van der Waals surface area contributed by atoms with E-state index in [0.717, 1.165) is 12.4 Å². The van der Waals surface area contributed by atoms with E-state index in [0.29, 0.717) is 12.6 Å². The van der Waals surface area contributed by atoms with E-state index in [9.17, 15) is 0 Å². The third kappa shape index (κ3) is 1.76. The molecule has 88 valence electrons. The van der Waals surface area contributed by atoms with Crippen molar-refractivity contribution in [2.24, 2.45) is 5.73 Å². The van der Waals surface area contributed by atoms with Crippen molar-refractivity contribution in [3.05, 3.63) is 36.5 Å². The summed E-state index contributed by atoms with van der Waals surface area (Å²) in [5.74, 6) is 1.09. The van der Waals surface area contributed by atoms with Crippen LogP contribution < -0.4 is 10.6 Å². The van der Waals surface area contributed by atoms with Crippen LogP contribution in [0.5, 0.6) is 0 Å². The third-order valence-corrected chi connectivity index (χ3v) is 3.57. The van der Waals surface area contributed by atoms with Gasteiger partial charge in [-0.1, -0.05) is 24.3 Å². The fourth-order valence-corrected chi connectivity index (χ4v) is 2.69. The first-order valence-electron chi connectivity index (χ1n) is 6.20. The molecule has 17 heavy (non-hydrogen) atoms. The lowest BCUT2D eigenvalue weighted by Crippen LogP contribution is -2.35. The van der Waals surface area contributed by atoms with Crippen molar-refractivity contribution >= 4 is 16.6 Å². The first-order chi connectivity index (χ1) is 8.40. The van der Waals surface area contributed by atoms with E-state index in [-0.39, 0.29) is 0 Å². The van der Waals surface area contributed by atoms with Gasteiger partial charge in [0.05, 0.1) is 0 Å². The summed E-state index contributed by atoms with van der Waals surface area (Å²) in [5.41, 5.74) is 5.84. The van der Waals surface area contributed by atoms with E-state index in [1.54, 1.807) is 0 Å². The minimum absolute atomic E-state index is 0.452. The topological polar surface area (TPSA) is 42.1 Å². The highest BCUT2D eigenvalue weighted by molar-refractivity contribution is 5.92. The SMILES string of the molecule is NCC1CCCN1c1nccc2ccccc12. The predicted octanol–water partition coefficient (Wildman–Crippen LogP) is 2.16. The van der Waals surface area contributed by atoms with E-state index < -0.39 is 0 Å². The zero-order valence-electron chi connectivity index (χ0n) is 9.84. The Hall–Kier alpha value is -1.61. The summed E-state index contributed by atoms with van der Waals surface area (Å²) in [5, 5.41) is 2.48. The molecule has 1 unspecified atom stereocenters. The molecule has 3 heteroatoms. The normalized spacial score (nSPS) is 20.1. The average molecular weight is 227 g/mol. The fourth-order valence-electron chi connectivity index (χ4n) is 2.69. The molecular weight excluding hydrogens is 210 g/mol. The first kappa shape index (κ1) is 10.5. The Bertz CT molecular complexity index is 518. The van der Waals surface area contributed by atoms with Gasteiger partial charge in [0.15, 0.2) is 0 Å². The Balaban J connectivity index is 2.10. The van der Waals surface area contributed by atoms with Gasteiger partial charge in [-0.05, 0) is 24.3 Å². The number of benzene rings is 1. The van der Waals surface area contributed by atoms with Crippen LogP contribution in [0.15, 0.2) is 36.5 Å². The molecule has 1 atom stereocenters. The molecule has 1 aromatic carbocycles. The maximum atomic E-state index is 5.84. The van der Waals surface area contributed by atoms with Crippen molar-refractivity contribution in [1.29, 1.82) is 0 Å². The smallest absolute Gasteiger partial charge is 0.136 e. The number of hydrogen-bond acceptors (Lipinski definition) is 3. The highest BCUT2D eigenvalue weighted by Gasteiger charge is 2.25. The summed E-state index contributed by atoms with van der Waals surface area (Å²) in [6.45, 7) is 1.79.